The molecule has 0 atom stereocenters. The first-order valence-electron chi connectivity index (χ1n) is 6.29. The van der Waals surface area contributed by atoms with Crippen LogP contribution in [0.4, 0.5) is 0 Å². The molecule has 0 saturated carbocycles. The molecular formula is C13H20N2O2. The van der Waals surface area contributed by atoms with E-state index >= 15 is 0 Å². The number of oxazole rings is 1. The molecule has 0 aromatic carbocycles. The fourth-order valence-corrected chi connectivity index (χ4v) is 2.43. The van der Waals surface area contributed by atoms with Gasteiger partial charge in [0.2, 0.25) is 0 Å². The normalized spacial score (nSPS) is 17.8. The predicted octanol–water partition coefficient (Wildman–Crippen LogP) is 2.49. The number of aryl methyl sites for hydroxylation is 1. The van der Waals surface area contributed by atoms with Gasteiger partial charge in [0.25, 0.3) is 5.91 Å². The second-order valence-corrected chi connectivity index (χ2v) is 5.13. The van der Waals surface area contributed by atoms with Crippen LogP contribution in [0.15, 0.2) is 10.8 Å². The molecule has 0 radical (unpaired) electrons. The molecule has 1 aromatic heterocycles. The van der Waals surface area contributed by atoms with E-state index < -0.39 is 0 Å². The summed E-state index contributed by atoms with van der Waals surface area (Å²) >= 11 is 0. The monoisotopic (exact) mass is 236 g/mol. The van der Waals surface area contributed by atoms with Gasteiger partial charge >= 0.3 is 0 Å². The minimum absolute atomic E-state index is 0.0125. The van der Waals surface area contributed by atoms with Gasteiger partial charge in [-0.05, 0) is 31.6 Å². The molecule has 1 fully saturated rings. The van der Waals surface area contributed by atoms with E-state index in [1.165, 1.54) is 6.39 Å². The standard InChI is InChI=1S/C13H20N2O2/c1-9(2)11-4-6-15(7-5-11)13(16)12-10(3)17-8-14-12/h8-9,11H,4-7H2,1-3H3. The van der Waals surface area contributed by atoms with Crippen molar-refractivity contribution in [3.8, 4) is 0 Å². The number of amides is 1. The molecule has 4 heteroatoms. The molecule has 1 amide bonds. The van der Waals surface area contributed by atoms with Gasteiger partial charge in [-0.25, -0.2) is 4.98 Å². The highest BCUT2D eigenvalue weighted by atomic mass is 16.3. The minimum Gasteiger partial charge on any atom is -0.448 e. The van der Waals surface area contributed by atoms with Crippen LogP contribution in [0.1, 0.15) is 42.9 Å². The Labute approximate surface area is 102 Å². The zero-order valence-electron chi connectivity index (χ0n) is 10.8. The van der Waals surface area contributed by atoms with Crippen LogP contribution in [0.3, 0.4) is 0 Å². The number of rotatable bonds is 2. The highest BCUT2D eigenvalue weighted by Crippen LogP contribution is 2.25. The van der Waals surface area contributed by atoms with E-state index in [-0.39, 0.29) is 5.91 Å². The largest absolute Gasteiger partial charge is 0.448 e. The first-order chi connectivity index (χ1) is 8.09. The Bertz CT molecular complexity index is 390. The summed E-state index contributed by atoms with van der Waals surface area (Å²) in [6.07, 6.45) is 3.53. The maximum atomic E-state index is 12.2. The van der Waals surface area contributed by atoms with Crippen LogP contribution in [-0.4, -0.2) is 28.9 Å². The Hall–Kier alpha value is -1.32. The fourth-order valence-electron chi connectivity index (χ4n) is 2.43. The molecular weight excluding hydrogens is 216 g/mol. The summed E-state index contributed by atoms with van der Waals surface area (Å²) in [4.78, 5) is 18.0. The SMILES string of the molecule is Cc1ocnc1C(=O)N1CCC(C(C)C)CC1. The Balaban J connectivity index is 1.98. The second-order valence-electron chi connectivity index (χ2n) is 5.13. The number of aromatic nitrogens is 1. The molecule has 1 aliphatic heterocycles. The van der Waals surface area contributed by atoms with Crippen LogP contribution in [-0.2, 0) is 0 Å². The van der Waals surface area contributed by atoms with Crippen LogP contribution >= 0.6 is 0 Å². The zero-order chi connectivity index (χ0) is 12.4. The van der Waals surface area contributed by atoms with Crippen LogP contribution in [0.25, 0.3) is 0 Å². The molecule has 2 rings (SSSR count). The molecule has 0 aliphatic carbocycles. The summed E-state index contributed by atoms with van der Waals surface area (Å²) in [5, 5.41) is 0. The third kappa shape index (κ3) is 2.51. The third-order valence-electron chi connectivity index (χ3n) is 3.72. The van der Waals surface area contributed by atoms with E-state index in [0.29, 0.717) is 17.4 Å². The maximum absolute atomic E-state index is 12.2. The van der Waals surface area contributed by atoms with Crippen molar-refractivity contribution in [1.82, 2.24) is 9.88 Å². The number of nitrogens with zero attached hydrogens (tertiary/aromatic N) is 2. The van der Waals surface area contributed by atoms with Gasteiger partial charge in [-0.15, -0.1) is 0 Å². The van der Waals surface area contributed by atoms with Crippen LogP contribution in [0, 0.1) is 18.8 Å². The summed E-state index contributed by atoms with van der Waals surface area (Å²) in [7, 11) is 0. The molecule has 1 saturated heterocycles. The quantitative estimate of drug-likeness (QED) is 0.792. The summed E-state index contributed by atoms with van der Waals surface area (Å²) in [6.45, 7) is 7.97. The van der Waals surface area contributed by atoms with E-state index in [1.54, 1.807) is 6.92 Å². The molecule has 0 unspecified atom stereocenters. The second kappa shape index (κ2) is 4.90. The highest BCUT2D eigenvalue weighted by Gasteiger charge is 2.27. The summed E-state index contributed by atoms with van der Waals surface area (Å²) in [5.74, 6) is 2.08. The predicted molar refractivity (Wildman–Crippen MR) is 64.7 cm³/mol. The van der Waals surface area contributed by atoms with Crippen LogP contribution in [0.5, 0.6) is 0 Å². The Morgan fingerprint density at radius 3 is 2.59 bits per heavy atom. The molecule has 1 aliphatic rings. The molecule has 0 bridgehead atoms. The number of hydrogen-bond donors (Lipinski definition) is 0. The van der Waals surface area contributed by atoms with E-state index in [9.17, 15) is 4.79 Å². The molecule has 17 heavy (non-hydrogen) atoms. The van der Waals surface area contributed by atoms with E-state index in [1.807, 2.05) is 4.90 Å². The van der Waals surface area contributed by atoms with E-state index in [0.717, 1.165) is 31.8 Å². The third-order valence-corrected chi connectivity index (χ3v) is 3.72. The van der Waals surface area contributed by atoms with Crippen molar-refractivity contribution >= 4 is 5.91 Å². The first-order valence-corrected chi connectivity index (χ1v) is 6.29. The average Bonchev–Trinajstić information content (AvgIpc) is 2.74. The van der Waals surface area contributed by atoms with Crippen molar-refractivity contribution in [2.24, 2.45) is 11.8 Å². The lowest BCUT2D eigenvalue weighted by molar-refractivity contribution is 0.0661. The molecule has 94 valence electrons. The molecule has 4 nitrogen and oxygen atoms in total. The number of carbonyl (C=O) groups is 1. The highest BCUT2D eigenvalue weighted by molar-refractivity contribution is 5.93. The summed E-state index contributed by atoms with van der Waals surface area (Å²) in [6, 6.07) is 0. The lowest BCUT2D eigenvalue weighted by Crippen LogP contribution is -2.39. The Kier molecular flexibility index (Phi) is 3.50. The lowest BCUT2D eigenvalue weighted by atomic mass is 9.86. The first kappa shape index (κ1) is 12.1. The molecule has 0 spiro atoms. The maximum Gasteiger partial charge on any atom is 0.276 e. The van der Waals surface area contributed by atoms with Gasteiger partial charge in [0.15, 0.2) is 12.1 Å². The van der Waals surface area contributed by atoms with Crippen molar-refractivity contribution in [1.29, 1.82) is 0 Å². The topological polar surface area (TPSA) is 46.3 Å². The number of piperidine rings is 1. The van der Waals surface area contributed by atoms with Gasteiger partial charge in [-0.3, -0.25) is 4.79 Å². The van der Waals surface area contributed by atoms with Crippen molar-refractivity contribution in [2.75, 3.05) is 13.1 Å². The van der Waals surface area contributed by atoms with Crippen molar-refractivity contribution in [2.45, 2.75) is 33.6 Å². The summed E-state index contributed by atoms with van der Waals surface area (Å²) < 4.78 is 5.08. The zero-order valence-corrected chi connectivity index (χ0v) is 10.8. The molecule has 0 N–H and O–H groups in total. The Morgan fingerprint density at radius 2 is 2.12 bits per heavy atom. The van der Waals surface area contributed by atoms with E-state index in [2.05, 4.69) is 18.8 Å². The van der Waals surface area contributed by atoms with Crippen molar-refractivity contribution < 1.29 is 9.21 Å². The summed E-state index contributed by atoms with van der Waals surface area (Å²) in [5.41, 5.74) is 0.466. The van der Waals surface area contributed by atoms with Gasteiger partial charge in [-0.1, -0.05) is 13.8 Å². The lowest BCUT2D eigenvalue weighted by Gasteiger charge is -2.33. The minimum atomic E-state index is 0.0125. The fraction of sp³-hybridized carbons (Fsp3) is 0.692. The van der Waals surface area contributed by atoms with Gasteiger partial charge in [0.05, 0.1) is 0 Å². The van der Waals surface area contributed by atoms with Gasteiger partial charge in [0.1, 0.15) is 5.76 Å². The van der Waals surface area contributed by atoms with Gasteiger partial charge in [0, 0.05) is 13.1 Å². The number of hydrogen-bond acceptors (Lipinski definition) is 3. The van der Waals surface area contributed by atoms with Crippen molar-refractivity contribution in [3.05, 3.63) is 17.8 Å². The average molecular weight is 236 g/mol. The van der Waals surface area contributed by atoms with Crippen LogP contribution in [0.2, 0.25) is 0 Å². The molecule has 1 aromatic rings. The Morgan fingerprint density at radius 1 is 1.47 bits per heavy atom. The smallest absolute Gasteiger partial charge is 0.276 e. The van der Waals surface area contributed by atoms with Gasteiger partial charge < -0.3 is 9.32 Å². The molecule has 2 heterocycles. The number of likely N-dealkylation sites (tertiary alicyclic amines) is 1. The van der Waals surface area contributed by atoms with Crippen LogP contribution < -0.4 is 0 Å². The van der Waals surface area contributed by atoms with Gasteiger partial charge in [-0.2, -0.15) is 0 Å². The van der Waals surface area contributed by atoms with Crippen molar-refractivity contribution in [3.63, 3.8) is 0 Å². The van der Waals surface area contributed by atoms with E-state index in [4.69, 9.17) is 4.42 Å². The number of carbonyl (C=O) groups excluding carboxylic acids is 1.